The van der Waals surface area contributed by atoms with Gasteiger partial charge in [-0.05, 0) is 55.7 Å². The molecule has 0 radical (unpaired) electrons. The first-order chi connectivity index (χ1) is 15.0. The lowest BCUT2D eigenvalue weighted by atomic mass is 10.1. The van der Waals surface area contributed by atoms with Crippen molar-refractivity contribution in [3.05, 3.63) is 59.7 Å². The predicted octanol–water partition coefficient (Wildman–Crippen LogP) is 3.10. The van der Waals surface area contributed by atoms with Gasteiger partial charge in [0.25, 0.3) is 11.8 Å². The second kappa shape index (κ2) is 12.9. The van der Waals surface area contributed by atoms with Crippen molar-refractivity contribution in [1.82, 2.24) is 10.6 Å². The minimum absolute atomic E-state index is 0.0520. The maximum Gasteiger partial charge on any atom is 0.513 e. The Kier molecular flexibility index (Phi) is 9.87. The maximum atomic E-state index is 12.1. The zero-order valence-electron chi connectivity index (χ0n) is 17.8. The number of benzene rings is 2. The molecule has 31 heavy (non-hydrogen) atoms. The number of aryl methyl sites for hydroxylation is 1. The first-order valence-electron chi connectivity index (χ1n) is 10.2. The van der Waals surface area contributed by atoms with Gasteiger partial charge in [-0.3, -0.25) is 9.59 Å². The number of rotatable bonds is 11. The van der Waals surface area contributed by atoms with Crippen LogP contribution >= 0.6 is 0 Å². The number of ether oxygens (including phenoxy) is 3. The fourth-order valence-electron chi connectivity index (χ4n) is 2.67. The van der Waals surface area contributed by atoms with Gasteiger partial charge >= 0.3 is 6.16 Å². The highest BCUT2D eigenvalue weighted by molar-refractivity contribution is 5.94. The Morgan fingerprint density at radius 3 is 2.32 bits per heavy atom. The fourth-order valence-corrected chi connectivity index (χ4v) is 2.67. The smallest absolute Gasteiger partial charge is 0.483 e. The Morgan fingerprint density at radius 2 is 1.61 bits per heavy atom. The molecule has 8 heteroatoms. The molecule has 2 rings (SSSR count). The summed E-state index contributed by atoms with van der Waals surface area (Å²) in [6.45, 7) is 4.70. The molecule has 2 amide bonds. The van der Waals surface area contributed by atoms with E-state index in [-0.39, 0.29) is 25.0 Å². The van der Waals surface area contributed by atoms with Crippen LogP contribution in [-0.4, -0.2) is 44.3 Å². The summed E-state index contributed by atoms with van der Waals surface area (Å²) in [6, 6.07) is 13.8. The van der Waals surface area contributed by atoms with Crippen LogP contribution in [0.1, 0.15) is 36.2 Å². The molecule has 0 aliphatic carbocycles. The van der Waals surface area contributed by atoms with Crippen LogP contribution in [-0.2, 0) is 16.0 Å². The van der Waals surface area contributed by atoms with Crippen LogP contribution in [0.5, 0.6) is 11.5 Å². The highest BCUT2D eigenvalue weighted by atomic mass is 16.7. The fraction of sp³-hybridized carbons (Fsp3) is 0.348. The van der Waals surface area contributed by atoms with Gasteiger partial charge in [-0.1, -0.05) is 25.1 Å². The van der Waals surface area contributed by atoms with Gasteiger partial charge in [-0.2, -0.15) is 0 Å². The van der Waals surface area contributed by atoms with E-state index >= 15 is 0 Å². The largest absolute Gasteiger partial charge is 0.513 e. The molecule has 0 aromatic heterocycles. The summed E-state index contributed by atoms with van der Waals surface area (Å²) in [5, 5.41) is 5.54. The third kappa shape index (κ3) is 8.38. The van der Waals surface area contributed by atoms with Crippen molar-refractivity contribution >= 4 is 18.0 Å². The van der Waals surface area contributed by atoms with Gasteiger partial charge in [-0.25, -0.2) is 4.79 Å². The third-order valence-corrected chi connectivity index (χ3v) is 4.25. The average Bonchev–Trinajstić information content (AvgIpc) is 2.78. The molecular formula is C23H28N2O6. The molecule has 0 saturated heterocycles. The van der Waals surface area contributed by atoms with E-state index in [4.69, 9.17) is 9.47 Å². The molecule has 0 spiro atoms. The van der Waals surface area contributed by atoms with E-state index < -0.39 is 6.16 Å². The number of hydrogen-bond acceptors (Lipinski definition) is 6. The Hall–Kier alpha value is -3.55. The van der Waals surface area contributed by atoms with Gasteiger partial charge < -0.3 is 24.8 Å². The standard InChI is InChI=1S/C23H28N2O6/c1-3-17-8-5-6-9-20(17)30-16-21(26)24-14-7-15-25-22(27)18-10-12-19(13-11-18)31-23(28)29-4-2/h5-6,8-13H,3-4,7,14-16H2,1-2H3,(H,24,26)(H,25,27). The second-order valence-electron chi connectivity index (χ2n) is 6.52. The van der Waals surface area contributed by atoms with Crippen LogP contribution in [0.3, 0.4) is 0 Å². The molecule has 0 bridgehead atoms. The van der Waals surface area contributed by atoms with Gasteiger partial charge in [0.15, 0.2) is 6.61 Å². The predicted molar refractivity (Wildman–Crippen MR) is 115 cm³/mol. The first kappa shape index (κ1) is 23.7. The summed E-state index contributed by atoms with van der Waals surface area (Å²) < 4.78 is 15.2. The monoisotopic (exact) mass is 428 g/mol. The normalized spacial score (nSPS) is 10.1. The molecule has 0 fully saturated rings. The van der Waals surface area contributed by atoms with E-state index in [1.807, 2.05) is 31.2 Å². The molecule has 0 aliphatic rings. The highest BCUT2D eigenvalue weighted by Gasteiger charge is 2.09. The maximum absolute atomic E-state index is 12.1. The van der Waals surface area contributed by atoms with Gasteiger partial charge in [0, 0.05) is 18.7 Å². The number of amides is 2. The van der Waals surface area contributed by atoms with E-state index in [0.29, 0.717) is 36.6 Å². The first-order valence-corrected chi connectivity index (χ1v) is 10.2. The third-order valence-electron chi connectivity index (χ3n) is 4.25. The molecule has 0 atom stereocenters. The molecular weight excluding hydrogens is 400 g/mol. The van der Waals surface area contributed by atoms with E-state index in [9.17, 15) is 14.4 Å². The SMILES string of the molecule is CCOC(=O)Oc1ccc(C(=O)NCCCNC(=O)COc2ccccc2CC)cc1. The summed E-state index contributed by atoms with van der Waals surface area (Å²) in [4.78, 5) is 35.3. The van der Waals surface area contributed by atoms with Crippen molar-refractivity contribution in [2.45, 2.75) is 26.7 Å². The molecule has 8 nitrogen and oxygen atoms in total. The minimum Gasteiger partial charge on any atom is -0.483 e. The Balaban J connectivity index is 1.63. The van der Waals surface area contributed by atoms with Crippen molar-refractivity contribution in [3.63, 3.8) is 0 Å². The highest BCUT2D eigenvalue weighted by Crippen LogP contribution is 2.18. The van der Waals surface area contributed by atoms with Gasteiger partial charge in [-0.15, -0.1) is 0 Å². The van der Waals surface area contributed by atoms with E-state index in [2.05, 4.69) is 15.4 Å². The van der Waals surface area contributed by atoms with Crippen LogP contribution in [0.15, 0.2) is 48.5 Å². The zero-order valence-corrected chi connectivity index (χ0v) is 17.8. The van der Waals surface area contributed by atoms with Crippen molar-refractivity contribution in [2.24, 2.45) is 0 Å². The summed E-state index contributed by atoms with van der Waals surface area (Å²) >= 11 is 0. The average molecular weight is 428 g/mol. The van der Waals surface area contributed by atoms with Crippen LogP contribution < -0.4 is 20.1 Å². The van der Waals surface area contributed by atoms with Gasteiger partial charge in [0.1, 0.15) is 11.5 Å². The molecule has 0 heterocycles. The minimum atomic E-state index is -0.790. The zero-order chi connectivity index (χ0) is 22.5. The second-order valence-corrected chi connectivity index (χ2v) is 6.52. The topological polar surface area (TPSA) is 103 Å². The van der Waals surface area contributed by atoms with Crippen LogP contribution in [0.2, 0.25) is 0 Å². The number of nitrogens with one attached hydrogen (secondary N) is 2. The lowest BCUT2D eigenvalue weighted by molar-refractivity contribution is -0.123. The summed E-state index contributed by atoms with van der Waals surface area (Å²) in [7, 11) is 0. The van der Waals surface area contributed by atoms with Crippen molar-refractivity contribution in [2.75, 3.05) is 26.3 Å². The number of para-hydroxylation sites is 1. The lowest BCUT2D eigenvalue weighted by Gasteiger charge is -2.11. The Morgan fingerprint density at radius 1 is 0.903 bits per heavy atom. The van der Waals surface area contributed by atoms with Crippen LogP contribution in [0.25, 0.3) is 0 Å². The number of carbonyl (C=O) groups excluding carboxylic acids is 3. The van der Waals surface area contributed by atoms with E-state index in [0.717, 1.165) is 12.0 Å². The Labute approximate surface area is 181 Å². The molecule has 2 aromatic carbocycles. The quantitative estimate of drug-likeness (QED) is 0.324. The summed E-state index contributed by atoms with van der Waals surface area (Å²) in [5.74, 6) is 0.538. The molecule has 166 valence electrons. The lowest BCUT2D eigenvalue weighted by Crippen LogP contribution is -2.32. The van der Waals surface area contributed by atoms with E-state index in [1.54, 1.807) is 19.1 Å². The Bertz CT molecular complexity index is 867. The van der Waals surface area contributed by atoms with Gasteiger partial charge in [0.05, 0.1) is 6.61 Å². The van der Waals surface area contributed by atoms with Crippen molar-refractivity contribution in [1.29, 1.82) is 0 Å². The van der Waals surface area contributed by atoms with Crippen LogP contribution in [0, 0.1) is 0 Å². The van der Waals surface area contributed by atoms with Crippen molar-refractivity contribution in [3.8, 4) is 11.5 Å². The van der Waals surface area contributed by atoms with Crippen LogP contribution in [0.4, 0.5) is 4.79 Å². The number of hydrogen-bond donors (Lipinski definition) is 2. The van der Waals surface area contributed by atoms with Gasteiger partial charge in [0.2, 0.25) is 0 Å². The molecule has 0 aliphatic heterocycles. The summed E-state index contributed by atoms with van der Waals surface area (Å²) in [6.07, 6.45) is 0.618. The number of carbonyl (C=O) groups is 3. The molecule has 2 N–H and O–H groups in total. The van der Waals surface area contributed by atoms with Crippen molar-refractivity contribution < 1.29 is 28.6 Å². The molecule has 2 aromatic rings. The molecule has 0 unspecified atom stereocenters. The molecule has 0 saturated carbocycles. The summed E-state index contributed by atoms with van der Waals surface area (Å²) in [5.41, 5.74) is 1.49. The van der Waals surface area contributed by atoms with E-state index in [1.165, 1.54) is 12.1 Å².